The zero-order valence-corrected chi connectivity index (χ0v) is 12.2. The van der Waals surface area contributed by atoms with Crippen molar-refractivity contribution in [2.45, 2.75) is 57.9 Å². The van der Waals surface area contributed by atoms with Crippen molar-refractivity contribution in [3.63, 3.8) is 0 Å². The lowest BCUT2D eigenvalue weighted by Crippen LogP contribution is -2.41. The predicted molar refractivity (Wildman–Crippen MR) is 75.7 cm³/mol. The van der Waals surface area contributed by atoms with E-state index in [0.717, 1.165) is 12.5 Å². The fourth-order valence-corrected chi connectivity index (χ4v) is 2.91. The first-order valence-corrected chi connectivity index (χ1v) is 7.20. The Kier molecular flexibility index (Phi) is 4.10. The van der Waals surface area contributed by atoms with Gasteiger partial charge in [-0.25, -0.2) is 0 Å². The largest absolute Gasteiger partial charge is 0.312 e. The molecule has 2 atom stereocenters. The molecule has 1 fully saturated rings. The molecule has 2 unspecified atom stereocenters. The van der Waals surface area contributed by atoms with Gasteiger partial charge in [0.2, 0.25) is 0 Å². The minimum Gasteiger partial charge on any atom is -0.312 e. The van der Waals surface area contributed by atoms with Crippen LogP contribution < -0.4 is 5.32 Å². The predicted octanol–water partition coefficient (Wildman–Crippen LogP) is 3.08. The minimum atomic E-state index is 0.214. The highest BCUT2D eigenvalue weighted by Gasteiger charge is 2.28. The summed E-state index contributed by atoms with van der Waals surface area (Å²) in [5.74, 6) is 1.39. The maximum atomic E-state index is 4.62. The molecule has 0 aliphatic heterocycles. The molecule has 3 heteroatoms. The van der Waals surface area contributed by atoms with Gasteiger partial charge in [0, 0.05) is 24.7 Å². The first-order valence-electron chi connectivity index (χ1n) is 7.20. The van der Waals surface area contributed by atoms with Crippen LogP contribution >= 0.6 is 0 Å². The molecule has 0 spiro atoms. The molecular weight excluding hydrogens is 222 g/mol. The van der Waals surface area contributed by atoms with Crippen LogP contribution in [0.3, 0.4) is 0 Å². The van der Waals surface area contributed by atoms with Crippen molar-refractivity contribution in [3.8, 4) is 0 Å². The Hall–Kier alpha value is -0.830. The van der Waals surface area contributed by atoms with E-state index < -0.39 is 0 Å². The van der Waals surface area contributed by atoms with Crippen molar-refractivity contribution in [2.24, 2.45) is 13.0 Å². The van der Waals surface area contributed by atoms with Crippen LogP contribution in [0.15, 0.2) is 12.3 Å². The summed E-state index contributed by atoms with van der Waals surface area (Å²) in [4.78, 5) is 0. The lowest BCUT2D eigenvalue weighted by atomic mass is 9.77. The molecule has 1 aliphatic rings. The average molecular weight is 249 g/mol. The van der Waals surface area contributed by atoms with Crippen molar-refractivity contribution in [3.05, 3.63) is 18.0 Å². The first-order chi connectivity index (χ1) is 8.46. The van der Waals surface area contributed by atoms with Gasteiger partial charge in [0.1, 0.15) is 0 Å². The Morgan fingerprint density at radius 1 is 1.33 bits per heavy atom. The molecule has 1 aliphatic carbocycles. The third-order valence-electron chi connectivity index (χ3n) is 3.92. The smallest absolute Gasteiger partial charge is 0.0658 e. The van der Waals surface area contributed by atoms with Crippen molar-refractivity contribution in [2.75, 3.05) is 6.54 Å². The van der Waals surface area contributed by atoms with Crippen LogP contribution in [0.5, 0.6) is 0 Å². The quantitative estimate of drug-likeness (QED) is 0.892. The third kappa shape index (κ3) is 3.58. The van der Waals surface area contributed by atoms with Gasteiger partial charge < -0.3 is 5.32 Å². The van der Waals surface area contributed by atoms with E-state index >= 15 is 0 Å². The van der Waals surface area contributed by atoms with Crippen LogP contribution in [0.4, 0.5) is 0 Å². The van der Waals surface area contributed by atoms with Crippen LogP contribution in [0.2, 0.25) is 0 Å². The number of hydrogen-bond donors (Lipinski definition) is 1. The van der Waals surface area contributed by atoms with Gasteiger partial charge in [-0.3, -0.25) is 4.68 Å². The fourth-order valence-electron chi connectivity index (χ4n) is 2.91. The molecule has 1 aromatic heterocycles. The van der Waals surface area contributed by atoms with Gasteiger partial charge in [0.05, 0.1) is 5.69 Å². The van der Waals surface area contributed by atoms with Gasteiger partial charge in [-0.15, -0.1) is 0 Å². The molecule has 0 bridgehead atoms. The molecular formula is C15H27N3. The second-order valence-electron chi connectivity index (χ2n) is 6.70. The van der Waals surface area contributed by atoms with Crippen molar-refractivity contribution < 1.29 is 0 Å². The van der Waals surface area contributed by atoms with E-state index in [2.05, 4.69) is 43.4 Å². The molecule has 18 heavy (non-hydrogen) atoms. The number of nitrogens with zero attached hydrogens (tertiary/aromatic N) is 2. The van der Waals surface area contributed by atoms with Crippen molar-refractivity contribution in [1.82, 2.24) is 15.1 Å². The summed E-state index contributed by atoms with van der Waals surface area (Å²) in [6.45, 7) is 7.84. The molecule has 1 heterocycles. The second kappa shape index (κ2) is 5.43. The van der Waals surface area contributed by atoms with Gasteiger partial charge in [-0.1, -0.05) is 12.8 Å². The van der Waals surface area contributed by atoms with Crippen LogP contribution in [-0.4, -0.2) is 21.9 Å². The zero-order chi connectivity index (χ0) is 13.2. The van der Waals surface area contributed by atoms with Gasteiger partial charge >= 0.3 is 0 Å². The minimum absolute atomic E-state index is 0.214. The summed E-state index contributed by atoms with van der Waals surface area (Å²) in [5.41, 5.74) is 1.50. The van der Waals surface area contributed by atoms with Gasteiger partial charge in [-0.2, -0.15) is 5.10 Å². The molecule has 0 radical (unpaired) electrons. The van der Waals surface area contributed by atoms with Crippen LogP contribution in [0, 0.1) is 5.92 Å². The lowest BCUT2D eigenvalue weighted by molar-refractivity contribution is 0.265. The van der Waals surface area contributed by atoms with E-state index in [1.807, 2.05) is 11.7 Å². The average Bonchev–Trinajstić information content (AvgIpc) is 2.72. The molecule has 0 aromatic carbocycles. The Bertz CT molecular complexity index is 375. The molecule has 2 rings (SSSR count). The van der Waals surface area contributed by atoms with E-state index in [1.54, 1.807) is 0 Å². The molecule has 1 N–H and O–H groups in total. The van der Waals surface area contributed by atoms with Crippen LogP contribution in [-0.2, 0) is 7.05 Å². The number of nitrogens with one attached hydrogen (secondary N) is 1. The Labute approximate surface area is 111 Å². The number of rotatable bonds is 3. The summed E-state index contributed by atoms with van der Waals surface area (Å²) < 4.78 is 1.93. The van der Waals surface area contributed by atoms with E-state index in [0.29, 0.717) is 5.92 Å². The molecule has 1 saturated carbocycles. The van der Waals surface area contributed by atoms with Gasteiger partial charge in [0.15, 0.2) is 0 Å². The zero-order valence-electron chi connectivity index (χ0n) is 12.2. The lowest BCUT2D eigenvalue weighted by Gasteiger charge is -2.33. The van der Waals surface area contributed by atoms with Gasteiger partial charge in [0.25, 0.3) is 0 Å². The normalized spacial score (nSPS) is 25.3. The summed E-state index contributed by atoms with van der Waals surface area (Å²) in [6.07, 6.45) is 7.43. The topological polar surface area (TPSA) is 29.9 Å². The number of hydrogen-bond acceptors (Lipinski definition) is 2. The highest BCUT2D eigenvalue weighted by atomic mass is 15.2. The molecule has 102 valence electrons. The second-order valence-corrected chi connectivity index (χ2v) is 6.70. The Balaban J connectivity index is 2.02. The van der Waals surface area contributed by atoms with Crippen molar-refractivity contribution in [1.29, 1.82) is 0 Å². The van der Waals surface area contributed by atoms with E-state index in [4.69, 9.17) is 0 Å². The highest BCUT2D eigenvalue weighted by Crippen LogP contribution is 2.36. The van der Waals surface area contributed by atoms with Gasteiger partial charge in [-0.05, 0) is 52.1 Å². The molecule has 0 amide bonds. The summed E-state index contributed by atoms with van der Waals surface area (Å²) >= 11 is 0. The monoisotopic (exact) mass is 249 g/mol. The Morgan fingerprint density at radius 2 is 2.06 bits per heavy atom. The fraction of sp³-hybridized carbons (Fsp3) is 0.800. The SMILES string of the molecule is Cn1ccc(C2CCCCC2CNC(C)(C)C)n1. The summed E-state index contributed by atoms with van der Waals surface area (Å²) in [6, 6.07) is 2.19. The first kappa shape index (κ1) is 13.6. The third-order valence-corrected chi connectivity index (χ3v) is 3.92. The maximum Gasteiger partial charge on any atom is 0.0658 e. The van der Waals surface area contributed by atoms with Crippen LogP contribution in [0.1, 0.15) is 58.1 Å². The number of aryl methyl sites for hydroxylation is 1. The maximum absolute atomic E-state index is 4.62. The molecule has 0 saturated heterocycles. The van der Waals surface area contributed by atoms with E-state index in [9.17, 15) is 0 Å². The van der Waals surface area contributed by atoms with E-state index in [-0.39, 0.29) is 5.54 Å². The molecule has 3 nitrogen and oxygen atoms in total. The van der Waals surface area contributed by atoms with Crippen LogP contribution in [0.25, 0.3) is 0 Å². The summed E-state index contributed by atoms with van der Waals surface area (Å²) in [5, 5.41) is 8.28. The Morgan fingerprint density at radius 3 is 2.67 bits per heavy atom. The molecule has 1 aromatic rings. The standard InChI is InChI=1S/C15H27N3/c1-15(2,3)16-11-12-7-5-6-8-13(12)14-9-10-18(4)17-14/h9-10,12-13,16H,5-8,11H2,1-4H3. The summed E-state index contributed by atoms with van der Waals surface area (Å²) in [7, 11) is 2.01. The number of aromatic nitrogens is 2. The van der Waals surface area contributed by atoms with Crippen molar-refractivity contribution >= 4 is 0 Å². The highest BCUT2D eigenvalue weighted by molar-refractivity contribution is 5.09. The van der Waals surface area contributed by atoms with E-state index in [1.165, 1.54) is 31.4 Å².